The van der Waals surface area contributed by atoms with Gasteiger partial charge < -0.3 is 9.30 Å². The number of nitrogens with zero attached hydrogens (tertiary/aromatic N) is 3. The van der Waals surface area contributed by atoms with Gasteiger partial charge in [-0.15, -0.1) is 0 Å². The van der Waals surface area contributed by atoms with Gasteiger partial charge in [0.05, 0.1) is 17.1 Å². The number of carbonyl (C=O) groups excluding carboxylic acids is 1. The zero-order valence-corrected chi connectivity index (χ0v) is 18.0. The molecule has 2 heterocycles. The van der Waals surface area contributed by atoms with Crippen molar-refractivity contribution in [1.29, 1.82) is 0 Å². The SMILES string of the molecule is O=POCn1c([C@@H]2CCCN2C(=O)OCc2ccccc2)nc2cc(Br)ccc21. The Labute approximate surface area is 178 Å². The summed E-state index contributed by atoms with van der Waals surface area (Å²) in [6.07, 6.45) is 1.28. The minimum absolute atomic E-state index is 0.0852. The fourth-order valence-electron chi connectivity index (χ4n) is 3.65. The van der Waals surface area contributed by atoms with Crippen LogP contribution >= 0.6 is 24.6 Å². The molecule has 0 bridgehead atoms. The second-order valence-electron chi connectivity index (χ2n) is 6.76. The van der Waals surface area contributed by atoms with E-state index in [-0.39, 0.29) is 25.5 Å². The van der Waals surface area contributed by atoms with Crippen molar-refractivity contribution in [2.75, 3.05) is 6.54 Å². The lowest BCUT2D eigenvalue weighted by Crippen LogP contribution is -2.32. The molecule has 1 atom stereocenters. The minimum atomic E-state index is -0.403. The van der Waals surface area contributed by atoms with Crippen molar-refractivity contribution in [3.8, 4) is 0 Å². The predicted molar refractivity (Wildman–Crippen MR) is 111 cm³/mol. The number of hydrogen-bond donors (Lipinski definition) is 0. The maximum absolute atomic E-state index is 12.8. The Hall–Kier alpha value is -2.28. The van der Waals surface area contributed by atoms with E-state index in [0.717, 1.165) is 33.9 Å². The van der Waals surface area contributed by atoms with E-state index in [1.165, 1.54) is 0 Å². The van der Waals surface area contributed by atoms with Gasteiger partial charge in [-0.2, -0.15) is 0 Å². The van der Waals surface area contributed by atoms with Crippen LogP contribution in [0.2, 0.25) is 0 Å². The zero-order valence-electron chi connectivity index (χ0n) is 15.5. The summed E-state index contributed by atoms with van der Waals surface area (Å²) in [6, 6.07) is 15.1. The van der Waals surface area contributed by atoms with Gasteiger partial charge in [0, 0.05) is 11.0 Å². The van der Waals surface area contributed by atoms with Crippen molar-refractivity contribution < 1.29 is 18.6 Å². The van der Waals surface area contributed by atoms with Gasteiger partial charge in [-0.3, -0.25) is 9.42 Å². The molecule has 0 N–H and O–H groups in total. The van der Waals surface area contributed by atoms with Crippen LogP contribution in [0, 0.1) is 0 Å². The topological polar surface area (TPSA) is 73.7 Å². The number of hydrogen-bond acceptors (Lipinski definition) is 5. The number of aromatic nitrogens is 2. The Kier molecular flexibility index (Phi) is 6.23. The molecule has 7 nitrogen and oxygen atoms in total. The highest BCUT2D eigenvalue weighted by atomic mass is 79.9. The summed E-state index contributed by atoms with van der Waals surface area (Å²) in [6.45, 7) is 0.915. The molecule has 1 aliphatic rings. The lowest BCUT2D eigenvalue weighted by Gasteiger charge is -2.24. The Bertz CT molecular complexity index is 1030. The molecule has 0 spiro atoms. The number of halogens is 1. The van der Waals surface area contributed by atoms with Gasteiger partial charge >= 0.3 is 14.8 Å². The van der Waals surface area contributed by atoms with Gasteiger partial charge in [0.2, 0.25) is 0 Å². The fourth-order valence-corrected chi connectivity index (χ4v) is 4.16. The molecule has 1 aromatic heterocycles. The Morgan fingerprint density at radius 1 is 1.24 bits per heavy atom. The van der Waals surface area contributed by atoms with Gasteiger partial charge in [-0.05, 0) is 36.6 Å². The molecule has 4 rings (SSSR count). The second kappa shape index (κ2) is 9.03. The van der Waals surface area contributed by atoms with E-state index in [1.54, 1.807) is 4.90 Å². The average Bonchev–Trinajstić information content (AvgIpc) is 3.35. The van der Waals surface area contributed by atoms with Crippen LogP contribution in [0.3, 0.4) is 0 Å². The lowest BCUT2D eigenvalue weighted by atomic mass is 10.2. The number of rotatable bonds is 6. The van der Waals surface area contributed by atoms with Gasteiger partial charge in [-0.1, -0.05) is 46.3 Å². The molecule has 1 aliphatic heterocycles. The van der Waals surface area contributed by atoms with Crippen LogP contribution in [0.5, 0.6) is 0 Å². The molecule has 1 fully saturated rings. The first-order chi connectivity index (χ1) is 14.2. The van der Waals surface area contributed by atoms with E-state index in [1.807, 2.05) is 53.1 Å². The molecular weight excluding hydrogens is 457 g/mol. The van der Waals surface area contributed by atoms with Crippen LogP contribution < -0.4 is 0 Å². The molecule has 1 amide bonds. The first-order valence-corrected chi connectivity index (χ1v) is 10.8. The van der Waals surface area contributed by atoms with Crippen molar-refractivity contribution >= 4 is 41.7 Å². The fraction of sp³-hybridized carbons (Fsp3) is 0.300. The van der Waals surface area contributed by atoms with Crippen LogP contribution in [0.1, 0.15) is 30.3 Å². The quantitative estimate of drug-likeness (QED) is 0.443. The van der Waals surface area contributed by atoms with E-state index in [2.05, 4.69) is 15.9 Å². The standard InChI is InChI=1S/C20H19BrN3O4P/c21-15-8-9-17-16(11-15)22-19(24(17)13-28-29-26)18-7-4-10-23(18)20(25)27-12-14-5-2-1-3-6-14/h1-3,5-6,8-9,11,18H,4,7,10,12-13H2/t18-/m0/s1. The normalized spacial score (nSPS) is 16.6. The first-order valence-electron chi connectivity index (χ1n) is 9.25. The molecule has 150 valence electrons. The lowest BCUT2D eigenvalue weighted by molar-refractivity contribution is 0.0895. The monoisotopic (exact) mass is 475 g/mol. The van der Waals surface area contributed by atoms with Gasteiger partial charge in [-0.25, -0.2) is 14.3 Å². The van der Waals surface area contributed by atoms with Crippen LogP contribution in [-0.2, 0) is 27.2 Å². The summed E-state index contributed by atoms with van der Waals surface area (Å²) in [4.78, 5) is 19.2. The summed E-state index contributed by atoms with van der Waals surface area (Å²) in [7, 11) is -0.403. The third-order valence-electron chi connectivity index (χ3n) is 4.97. The first kappa shape index (κ1) is 20.0. The van der Waals surface area contributed by atoms with Crippen LogP contribution in [0.25, 0.3) is 11.0 Å². The van der Waals surface area contributed by atoms with Crippen LogP contribution in [0.15, 0.2) is 53.0 Å². The highest BCUT2D eigenvalue weighted by molar-refractivity contribution is 9.10. The summed E-state index contributed by atoms with van der Waals surface area (Å²) in [5, 5.41) is 0. The number of benzene rings is 2. The van der Waals surface area contributed by atoms with Gasteiger partial charge in [0.25, 0.3) is 0 Å². The summed E-state index contributed by atoms with van der Waals surface area (Å²) in [5.74, 6) is 0.705. The zero-order chi connectivity index (χ0) is 20.2. The highest BCUT2D eigenvalue weighted by Crippen LogP contribution is 2.34. The highest BCUT2D eigenvalue weighted by Gasteiger charge is 2.35. The summed E-state index contributed by atoms with van der Waals surface area (Å²) >= 11 is 3.46. The number of carbonyl (C=O) groups is 1. The average molecular weight is 476 g/mol. The predicted octanol–water partition coefficient (Wildman–Crippen LogP) is 5.45. The van der Waals surface area contributed by atoms with E-state index in [9.17, 15) is 9.36 Å². The van der Waals surface area contributed by atoms with Crippen molar-refractivity contribution in [2.24, 2.45) is 0 Å². The molecular formula is C20H19BrN3O4P. The molecule has 3 aromatic rings. The Morgan fingerprint density at radius 3 is 2.86 bits per heavy atom. The molecule has 0 saturated carbocycles. The van der Waals surface area contributed by atoms with Crippen LogP contribution in [0.4, 0.5) is 4.79 Å². The molecule has 1 saturated heterocycles. The molecule has 0 unspecified atom stereocenters. The van der Waals surface area contributed by atoms with Crippen molar-refractivity contribution in [3.63, 3.8) is 0 Å². The van der Waals surface area contributed by atoms with E-state index in [0.29, 0.717) is 12.4 Å². The molecule has 2 aromatic carbocycles. The molecule has 0 aliphatic carbocycles. The van der Waals surface area contributed by atoms with Crippen molar-refractivity contribution in [2.45, 2.75) is 32.2 Å². The van der Waals surface area contributed by atoms with E-state index in [4.69, 9.17) is 14.2 Å². The number of likely N-dealkylation sites (tertiary alicyclic amines) is 1. The summed E-state index contributed by atoms with van der Waals surface area (Å²) in [5.41, 5.74) is 2.58. The van der Waals surface area contributed by atoms with Crippen molar-refractivity contribution in [3.05, 3.63) is 64.4 Å². The third-order valence-corrected chi connectivity index (χ3v) is 5.68. The largest absolute Gasteiger partial charge is 0.445 e. The number of fused-ring (bicyclic) bond motifs is 1. The number of ether oxygens (including phenoxy) is 1. The molecule has 0 radical (unpaired) electrons. The maximum atomic E-state index is 12.8. The maximum Gasteiger partial charge on any atom is 0.410 e. The van der Waals surface area contributed by atoms with Gasteiger partial charge in [0.1, 0.15) is 19.2 Å². The van der Waals surface area contributed by atoms with E-state index >= 15 is 0 Å². The minimum Gasteiger partial charge on any atom is -0.445 e. The molecule has 29 heavy (non-hydrogen) atoms. The summed E-state index contributed by atoms with van der Waals surface area (Å²) < 4.78 is 24.3. The number of amides is 1. The Balaban J connectivity index is 1.59. The third kappa shape index (κ3) is 4.34. The van der Waals surface area contributed by atoms with Crippen LogP contribution in [-0.4, -0.2) is 27.1 Å². The molecule has 9 heteroatoms. The second-order valence-corrected chi connectivity index (χ2v) is 8.08. The van der Waals surface area contributed by atoms with E-state index < -0.39 is 8.69 Å². The smallest absolute Gasteiger partial charge is 0.410 e. The number of imidazole rings is 1. The van der Waals surface area contributed by atoms with Crippen molar-refractivity contribution in [1.82, 2.24) is 14.5 Å². The van der Waals surface area contributed by atoms with Gasteiger partial charge in [0.15, 0.2) is 0 Å². The Morgan fingerprint density at radius 2 is 2.07 bits per heavy atom.